The molecule has 2 aliphatic rings. The number of sulfonamides is 1. The van der Waals surface area contributed by atoms with Gasteiger partial charge in [-0.15, -0.1) is 0 Å². The van der Waals surface area contributed by atoms with Crippen LogP contribution in [0.5, 0.6) is 0 Å². The van der Waals surface area contributed by atoms with Crippen LogP contribution in [0.4, 0.5) is 11.4 Å². The number of nitrogens with one attached hydrogen (secondary N) is 1. The third kappa shape index (κ3) is 4.01. The van der Waals surface area contributed by atoms with Crippen LogP contribution in [0.25, 0.3) is 0 Å². The molecule has 0 saturated carbocycles. The van der Waals surface area contributed by atoms with Crippen LogP contribution in [0.2, 0.25) is 0 Å². The summed E-state index contributed by atoms with van der Waals surface area (Å²) in [7, 11) is -3.65. The summed E-state index contributed by atoms with van der Waals surface area (Å²) in [4.78, 5) is 27.3. The maximum absolute atomic E-state index is 13.2. The molecule has 2 amide bonds. The third-order valence-electron chi connectivity index (χ3n) is 5.78. The highest BCUT2D eigenvalue weighted by Gasteiger charge is 2.31. The number of hydrogen-bond donors (Lipinski definition) is 2. The smallest absolute Gasteiger partial charge is 0.274 e. The Balaban J connectivity index is 1.48. The van der Waals surface area contributed by atoms with Crippen LogP contribution in [0.1, 0.15) is 22.8 Å². The van der Waals surface area contributed by atoms with Crippen LogP contribution < -0.4 is 15.3 Å². The molecular formula is C21H24N4O5S. The average molecular weight is 445 g/mol. The van der Waals surface area contributed by atoms with Crippen molar-refractivity contribution in [2.24, 2.45) is 0 Å². The Morgan fingerprint density at radius 1 is 1.00 bits per heavy atom. The molecule has 2 heterocycles. The van der Waals surface area contributed by atoms with Gasteiger partial charge < -0.3 is 9.80 Å². The molecule has 9 nitrogen and oxygen atoms in total. The minimum Gasteiger partial charge on any atom is -0.369 e. The molecule has 2 aromatic carbocycles. The quantitative estimate of drug-likeness (QED) is 0.542. The largest absolute Gasteiger partial charge is 0.369 e. The predicted molar refractivity (Wildman–Crippen MR) is 115 cm³/mol. The summed E-state index contributed by atoms with van der Waals surface area (Å²) in [6.45, 7) is 3.66. The highest BCUT2D eigenvalue weighted by Crippen LogP contribution is 2.31. The summed E-state index contributed by atoms with van der Waals surface area (Å²) >= 11 is 0. The van der Waals surface area contributed by atoms with Crippen molar-refractivity contribution >= 4 is 33.2 Å². The Kier molecular flexibility index (Phi) is 5.69. The van der Waals surface area contributed by atoms with Crippen molar-refractivity contribution in [1.29, 1.82) is 0 Å². The minimum atomic E-state index is -3.65. The Labute approximate surface area is 180 Å². The molecule has 1 saturated heterocycles. The maximum Gasteiger partial charge on any atom is 0.274 e. The molecule has 2 aromatic rings. The van der Waals surface area contributed by atoms with Gasteiger partial charge in [-0.2, -0.15) is 4.31 Å². The van der Waals surface area contributed by atoms with E-state index >= 15 is 0 Å². The van der Waals surface area contributed by atoms with Crippen LogP contribution in [-0.4, -0.2) is 62.5 Å². The number of carbonyl (C=O) groups is 2. The van der Waals surface area contributed by atoms with E-state index < -0.39 is 15.9 Å². The SMILES string of the molecule is CC(=O)N1CCc2cc(S(=O)(=O)N3CCN(c4cccc(C(=O)NO)c4)CC3)ccc21. The van der Waals surface area contributed by atoms with E-state index in [2.05, 4.69) is 0 Å². The van der Waals surface area contributed by atoms with Crippen LogP contribution in [0.3, 0.4) is 0 Å². The van der Waals surface area contributed by atoms with Crippen molar-refractivity contribution in [3.8, 4) is 0 Å². The van der Waals surface area contributed by atoms with E-state index in [1.807, 2.05) is 11.0 Å². The summed E-state index contributed by atoms with van der Waals surface area (Å²) < 4.78 is 27.8. The van der Waals surface area contributed by atoms with E-state index in [1.165, 1.54) is 11.2 Å². The third-order valence-corrected chi connectivity index (χ3v) is 7.67. The van der Waals surface area contributed by atoms with Gasteiger partial charge in [-0.3, -0.25) is 14.8 Å². The standard InChI is InChI=1S/C21H24N4O5S/c1-15(26)25-8-7-16-14-19(5-6-20(16)25)31(29,30)24-11-9-23(10-12-24)18-4-2-3-17(13-18)21(27)22-28/h2-6,13-14,28H,7-12H2,1H3,(H,22,27). The van der Waals surface area contributed by atoms with Gasteiger partial charge in [0, 0.05) is 56.6 Å². The fourth-order valence-electron chi connectivity index (χ4n) is 4.11. The van der Waals surface area contributed by atoms with Crippen molar-refractivity contribution in [1.82, 2.24) is 9.79 Å². The zero-order chi connectivity index (χ0) is 22.2. The van der Waals surface area contributed by atoms with Gasteiger partial charge in [0.2, 0.25) is 15.9 Å². The van der Waals surface area contributed by atoms with E-state index in [4.69, 9.17) is 5.21 Å². The van der Waals surface area contributed by atoms with E-state index in [1.54, 1.807) is 46.8 Å². The van der Waals surface area contributed by atoms with Gasteiger partial charge in [0.25, 0.3) is 5.91 Å². The summed E-state index contributed by atoms with van der Waals surface area (Å²) in [6.07, 6.45) is 0.643. The van der Waals surface area contributed by atoms with Crippen molar-refractivity contribution in [2.45, 2.75) is 18.2 Å². The number of piperazine rings is 1. The van der Waals surface area contributed by atoms with Gasteiger partial charge in [-0.1, -0.05) is 6.07 Å². The number of anilines is 2. The van der Waals surface area contributed by atoms with E-state index in [-0.39, 0.29) is 10.8 Å². The van der Waals surface area contributed by atoms with E-state index in [9.17, 15) is 18.0 Å². The zero-order valence-electron chi connectivity index (χ0n) is 17.1. The van der Waals surface area contributed by atoms with Crippen molar-refractivity contribution in [3.05, 3.63) is 53.6 Å². The number of fused-ring (bicyclic) bond motifs is 1. The first-order valence-corrected chi connectivity index (χ1v) is 11.5. The molecular weight excluding hydrogens is 420 g/mol. The van der Waals surface area contributed by atoms with Gasteiger partial charge in [-0.25, -0.2) is 13.9 Å². The molecule has 0 unspecified atom stereocenters. The second kappa shape index (κ2) is 8.29. The lowest BCUT2D eigenvalue weighted by Crippen LogP contribution is -2.48. The first kappa shape index (κ1) is 21.3. The molecule has 0 bridgehead atoms. The summed E-state index contributed by atoms with van der Waals surface area (Å²) in [5.74, 6) is -0.644. The number of amides is 2. The maximum atomic E-state index is 13.2. The van der Waals surface area contributed by atoms with Gasteiger partial charge in [0.05, 0.1) is 4.90 Å². The molecule has 0 spiro atoms. The summed E-state index contributed by atoms with van der Waals surface area (Å²) in [5.41, 5.74) is 4.38. The summed E-state index contributed by atoms with van der Waals surface area (Å²) in [6, 6.07) is 11.8. The normalized spacial score (nSPS) is 16.8. The minimum absolute atomic E-state index is 0.0500. The molecule has 0 radical (unpaired) electrons. The van der Waals surface area contributed by atoms with Crippen molar-refractivity contribution in [2.75, 3.05) is 42.5 Å². The molecule has 0 aliphatic carbocycles. The molecule has 1 fully saturated rings. The molecule has 31 heavy (non-hydrogen) atoms. The monoisotopic (exact) mass is 444 g/mol. The topological polar surface area (TPSA) is 110 Å². The fraction of sp³-hybridized carbons (Fsp3) is 0.333. The summed E-state index contributed by atoms with van der Waals surface area (Å²) in [5, 5.41) is 8.82. The lowest BCUT2D eigenvalue weighted by Gasteiger charge is -2.35. The number of nitrogens with zero attached hydrogens (tertiary/aromatic N) is 3. The Morgan fingerprint density at radius 3 is 2.42 bits per heavy atom. The molecule has 10 heteroatoms. The predicted octanol–water partition coefficient (Wildman–Crippen LogP) is 1.23. The molecule has 164 valence electrons. The lowest BCUT2D eigenvalue weighted by atomic mass is 10.1. The second-order valence-electron chi connectivity index (χ2n) is 7.59. The molecule has 4 rings (SSSR count). The highest BCUT2D eigenvalue weighted by molar-refractivity contribution is 7.89. The van der Waals surface area contributed by atoms with Crippen LogP contribution >= 0.6 is 0 Å². The van der Waals surface area contributed by atoms with E-state index in [0.717, 1.165) is 16.9 Å². The average Bonchev–Trinajstić information content (AvgIpc) is 3.22. The number of rotatable bonds is 4. The first-order chi connectivity index (χ1) is 14.8. The Hall–Kier alpha value is -2.95. The van der Waals surface area contributed by atoms with Gasteiger partial charge >= 0.3 is 0 Å². The lowest BCUT2D eigenvalue weighted by molar-refractivity contribution is -0.116. The number of carbonyl (C=O) groups excluding carboxylic acids is 2. The number of hydrogen-bond acceptors (Lipinski definition) is 6. The van der Waals surface area contributed by atoms with Crippen molar-refractivity contribution < 1.29 is 23.2 Å². The Bertz CT molecular complexity index is 1130. The molecule has 2 aliphatic heterocycles. The zero-order valence-corrected chi connectivity index (χ0v) is 17.9. The molecule has 0 aromatic heterocycles. The van der Waals surface area contributed by atoms with Crippen LogP contribution in [0.15, 0.2) is 47.4 Å². The fourth-order valence-corrected chi connectivity index (χ4v) is 5.58. The number of benzene rings is 2. The van der Waals surface area contributed by atoms with Gasteiger partial charge in [0.15, 0.2) is 0 Å². The van der Waals surface area contributed by atoms with Crippen LogP contribution in [0, 0.1) is 0 Å². The highest BCUT2D eigenvalue weighted by atomic mass is 32.2. The first-order valence-electron chi connectivity index (χ1n) is 10.0. The van der Waals surface area contributed by atoms with Crippen LogP contribution in [-0.2, 0) is 21.2 Å². The van der Waals surface area contributed by atoms with Gasteiger partial charge in [0.1, 0.15) is 0 Å². The van der Waals surface area contributed by atoms with Crippen molar-refractivity contribution in [3.63, 3.8) is 0 Å². The van der Waals surface area contributed by atoms with Gasteiger partial charge in [-0.05, 0) is 48.4 Å². The second-order valence-corrected chi connectivity index (χ2v) is 9.53. The molecule has 2 N–H and O–H groups in total. The Morgan fingerprint density at radius 2 is 1.74 bits per heavy atom. The number of hydroxylamine groups is 1. The molecule has 0 atom stereocenters. The van der Waals surface area contributed by atoms with E-state index in [0.29, 0.717) is 44.7 Å².